The van der Waals surface area contributed by atoms with Crippen LogP contribution in [0, 0.1) is 0 Å². The molecule has 1 aliphatic rings. The van der Waals surface area contributed by atoms with Gasteiger partial charge in [0, 0.05) is 24.7 Å². The molecule has 0 spiro atoms. The number of rotatable bonds is 7. The lowest BCUT2D eigenvalue weighted by Crippen LogP contribution is -2.36. The van der Waals surface area contributed by atoms with Crippen LogP contribution in [0.1, 0.15) is 29.6 Å². The van der Waals surface area contributed by atoms with Crippen molar-refractivity contribution in [3.8, 4) is 0 Å². The van der Waals surface area contributed by atoms with Crippen LogP contribution in [-0.4, -0.2) is 49.4 Å². The number of carboxylic acids is 1. The number of benzene rings is 1. The third-order valence-corrected chi connectivity index (χ3v) is 5.32. The van der Waals surface area contributed by atoms with Crippen molar-refractivity contribution in [2.24, 2.45) is 0 Å². The first kappa shape index (κ1) is 18.2. The fourth-order valence-electron chi connectivity index (χ4n) is 2.71. The van der Waals surface area contributed by atoms with Crippen molar-refractivity contribution in [1.29, 1.82) is 0 Å². The molecule has 1 heterocycles. The number of carbonyl (C=O) groups is 2. The molecule has 1 atom stereocenters. The number of carboxylic acid groups (broad SMARTS) is 1. The molecule has 1 fully saturated rings. The zero-order valence-corrected chi connectivity index (χ0v) is 14.0. The lowest BCUT2D eigenvalue weighted by Gasteiger charge is -2.23. The van der Waals surface area contributed by atoms with Gasteiger partial charge in [0.2, 0.25) is 10.0 Å². The Labute approximate surface area is 141 Å². The second-order valence-corrected chi connectivity index (χ2v) is 7.32. The van der Waals surface area contributed by atoms with Gasteiger partial charge in [0.1, 0.15) is 0 Å². The van der Waals surface area contributed by atoms with Gasteiger partial charge in [-0.25, -0.2) is 13.1 Å². The minimum absolute atomic E-state index is 0.0596. The van der Waals surface area contributed by atoms with Gasteiger partial charge in [0.05, 0.1) is 11.3 Å². The Hall–Kier alpha value is -2.19. The molecule has 7 nitrogen and oxygen atoms in total. The number of sulfonamides is 1. The van der Waals surface area contributed by atoms with Crippen LogP contribution in [0.25, 0.3) is 0 Å². The Morgan fingerprint density at radius 3 is 2.58 bits per heavy atom. The van der Waals surface area contributed by atoms with E-state index in [4.69, 9.17) is 5.11 Å². The Morgan fingerprint density at radius 2 is 2.00 bits per heavy atom. The Balaban J connectivity index is 2.14. The van der Waals surface area contributed by atoms with Crippen molar-refractivity contribution >= 4 is 21.9 Å². The van der Waals surface area contributed by atoms with Crippen LogP contribution in [0.5, 0.6) is 0 Å². The molecule has 1 aromatic rings. The maximum absolute atomic E-state index is 12.5. The molecule has 0 radical (unpaired) electrons. The second-order valence-electron chi connectivity index (χ2n) is 5.56. The van der Waals surface area contributed by atoms with E-state index in [-0.39, 0.29) is 29.8 Å². The third kappa shape index (κ3) is 4.21. The highest BCUT2D eigenvalue weighted by atomic mass is 32.2. The van der Waals surface area contributed by atoms with E-state index in [0.29, 0.717) is 18.5 Å². The average Bonchev–Trinajstić information content (AvgIpc) is 2.99. The normalized spacial score (nSPS) is 17.7. The van der Waals surface area contributed by atoms with Gasteiger partial charge in [0.15, 0.2) is 0 Å². The predicted octanol–water partition coefficient (Wildman–Crippen LogP) is 1.23. The van der Waals surface area contributed by atoms with Gasteiger partial charge in [0.25, 0.3) is 5.91 Å². The number of hydrogen-bond acceptors (Lipinski definition) is 4. The van der Waals surface area contributed by atoms with Gasteiger partial charge in [-0.05, 0) is 37.1 Å². The van der Waals surface area contributed by atoms with Crippen LogP contribution in [0.3, 0.4) is 0 Å². The molecule has 2 N–H and O–H groups in total. The number of likely N-dealkylation sites (tertiary alicyclic amines) is 1. The molecular weight excluding hydrogens is 332 g/mol. The van der Waals surface area contributed by atoms with Crippen molar-refractivity contribution in [3.05, 3.63) is 42.5 Å². The molecule has 24 heavy (non-hydrogen) atoms. The molecule has 0 saturated carbocycles. The molecule has 0 aliphatic carbocycles. The third-order valence-electron chi connectivity index (χ3n) is 3.88. The Kier molecular flexibility index (Phi) is 5.74. The van der Waals surface area contributed by atoms with Crippen LogP contribution >= 0.6 is 0 Å². The monoisotopic (exact) mass is 352 g/mol. The van der Waals surface area contributed by atoms with Gasteiger partial charge in [-0.2, -0.15) is 0 Å². The first-order valence-corrected chi connectivity index (χ1v) is 9.07. The molecule has 130 valence electrons. The number of hydrogen-bond donors (Lipinski definition) is 2. The highest BCUT2D eigenvalue weighted by Gasteiger charge is 2.31. The minimum Gasteiger partial charge on any atom is -0.481 e. The van der Waals surface area contributed by atoms with Gasteiger partial charge < -0.3 is 10.0 Å². The van der Waals surface area contributed by atoms with Crippen molar-refractivity contribution < 1.29 is 23.1 Å². The number of carbonyl (C=O) groups excluding carboxylic acids is 1. The summed E-state index contributed by atoms with van der Waals surface area (Å²) in [5.74, 6) is -1.21. The first-order valence-electron chi connectivity index (χ1n) is 7.58. The smallest absolute Gasteiger partial charge is 0.305 e. The van der Waals surface area contributed by atoms with Crippen molar-refractivity contribution in [1.82, 2.24) is 9.62 Å². The molecule has 2 rings (SSSR count). The van der Waals surface area contributed by atoms with Gasteiger partial charge in [-0.15, -0.1) is 6.58 Å². The SMILES string of the molecule is C=CCNS(=O)(=O)c1ccc(C(=O)N2CCCC2CC(=O)O)cc1. The summed E-state index contributed by atoms with van der Waals surface area (Å²) in [5.41, 5.74) is 0.343. The largest absolute Gasteiger partial charge is 0.481 e. The zero-order chi connectivity index (χ0) is 17.7. The number of aliphatic carboxylic acids is 1. The van der Waals surface area contributed by atoms with Crippen molar-refractivity contribution in [2.75, 3.05) is 13.1 Å². The molecule has 1 saturated heterocycles. The van der Waals surface area contributed by atoms with E-state index in [1.807, 2.05) is 0 Å². The van der Waals surface area contributed by atoms with E-state index < -0.39 is 16.0 Å². The van der Waals surface area contributed by atoms with Crippen LogP contribution in [0.15, 0.2) is 41.8 Å². The topological polar surface area (TPSA) is 104 Å². The summed E-state index contributed by atoms with van der Waals surface area (Å²) in [6.45, 7) is 4.08. The van der Waals surface area contributed by atoms with Crippen LogP contribution in [-0.2, 0) is 14.8 Å². The quantitative estimate of drug-likeness (QED) is 0.718. The van der Waals surface area contributed by atoms with E-state index in [0.717, 1.165) is 6.42 Å². The summed E-state index contributed by atoms with van der Waals surface area (Å²) < 4.78 is 26.3. The molecule has 1 amide bonds. The highest BCUT2D eigenvalue weighted by Crippen LogP contribution is 2.23. The van der Waals surface area contributed by atoms with E-state index in [9.17, 15) is 18.0 Å². The molecular formula is C16H20N2O5S. The summed E-state index contributed by atoms with van der Waals surface area (Å²) in [7, 11) is -3.63. The number of amides is 1. The average molecular weight is 352 g/mol. The first-order chi connectivity index (χ1) is 11.3. The number of nitrogens with zero attached hydrogens (tertiary/aromatic N) is 1. The van der Waals surface area contributed by atoms with Crippen LogP contribution in [0.4, 0.5) is 0 Å². The zero-order valence-electron chi connectivity index (χ0n) is 13.1. The summed E-state index contributed by atoms with van der Waals surface area (Å²) in [4.78, 5) is 25.0. The van der Waals surface area contributed by atoms with E-state index in [1.54, 1.807) is 4.90 Å². The van der Waals surface area contributed by atoms with E-state index >= 15 is 0 Å². The fourth-order valence-corrected chi connectivity index (χ4v) is 3.71. The van der Waals surface area contributed by atoms with Gasteiger partial charge >= 0.3 is 5.97 Å². The maximum Gasteiger partial charge on any atom is 0.305 e. The van der Waals surface area contributed by atoms with Crippen LogP contribution < -0.4 is 4.72 Å². The molecule has 0 bridgehead atoms. The highest BCUT2D eigenvalue weighted by molar-refractivity contribution is 7.89. The van der Waals surface area contributed by atoms with Crippen molar-refractivity contribution in [3.63, 3.8) is 0 Å². The van der Waals surface area contributed by atoms with Crippen molar-refractivity contribution in [2.45, 2.75) is 30.2 Å². The number of nitrogens with one attached hydrogen (secondary N) is 1. The second kappa shape index (κ2) is 7.59. The minimum atomic E-state index is -3.63. The van der Waals surface area contributed by atoms with E-state index in [2.05, 4.69) is 11.3 Å². The Morgan fingerprint density at radius 1 is 1.33 bits per heavy atom. The lowest BCUT2D eigenvalue weighted by molar-refractivity contribution is -0.137. The molecule has 1 aliphatic heterocycles. The molecule has 1 aromatic carbocycles. The molecule has 1 unspecified atom stereocenters. The van der Waals surface area contributed by atoms with Gasteiger partial charge in [-0.3, -0.25) is 9.59 Å². The summed E-state index contributed by atoms with van der Waals surface area (Å²) in [6, 6.07) is 5.30. The lowest BCUT2D eigenvalue weighted by atomic mass is 10.1. The Bertz CT molecular complexity index is 727. The molecule has 0 aromatic heterocycles. The summed E-state index contributed by atoms with van der Waals surface area (Å²) in [6.07, 6.45) is 2.78. The predicted molar refractivity (Wildman–Crippen MR) is 88.1 cm³/mol. The fraction of sp³-hybridized carbons (Fsp3) is 0.375. The molecule has 8 heteroatoms. The summed E-state index contributed by atoms with van der Waals surface area (Å²) in [5, 5.41) is 8.92. The van der Waals surface area contributed by atoms with Gasteiger partial charge in [-0.1, -0.05) is 6.08 Å². The van der Waals surface area contributed by atoms with E-state index in [1.165, 1.54) is 30.3 Å². The maximum atomic E-state index is 12.5. The van der Waals surface area contributed by atoms with Crippen LogP contribution in [0.2, 0.25) is 0 Å². The summed E-state index contributed by atoms with van der Waals surface area (Å²) >= 11 is 0. The standard InChI is InChI=1S/C16H20N2O5S/c1-2-9-17-24(22,23)14-7-5-12(6-8-14)16(21)18-10-3-4-13(18)11-15(19)20/h2,5-8,13,17H,1,3-4,9-11H2,(H,19,20).